The van der Waals surface area contributed by atoms with Crippen molar-refractivity contribution in [3.05, 3.63) is 41.0 Å². The van der Waals surface area contributed by atoms with E-state index < -0.39 is 10.0 Å². The normalized spacial score (nSPS) is 15.9. The first-order valence-corrected chi connectivity index (χ1v) is 12.4. The van der Waals surface area contributed by atoms with Crippen molar-refractivity contribution in [3.63, 3.8) is 0 Å². The van der Waals surface area contributed by atoms with Gasteiger partial charge in [0.25, 0.3) is 10.0 Å². The zero-order valence-electron chi connectivity index (χ0n) is 17.3. The molecule has 0 aromatic carbocycles. The van der Waals surface area contributed by atoms with Crippen LogP contribution >= 0.6 is 11.3 Å². The summed E-state index contributed by atoms with van der Waals surface area (Å²) in [6, 6.07) is 5.26. The van der Waals surface area contributed by atoms with Gasteiger partial charge in [-0.15, -0.1) is 11.3 Å². The number of sulfonamides is 1. The molecule has 0 saturated carbocycles. The quantitative estimate of drug-likeness (QED) is 0.571. The van der Waals surface area contributed by atoms with Gasteiger partial charge < -0.3 is 14.3 Å². The van der Waals surface area contributed by atoms with Crippen molar-refractivity contribution in [2.45, 2.75) is 43.9 Å². The molecule has 3 aromatic heterocycles. The number of aromatic nitrogens is 2. The Morgan fingerprint density at radius 2 is 2.10 bits per heavy atom. The Balaban J connectivity index is 1.35. The van der Waals surface area contributed by atoms with Gasteiger partial charge in [-0.25, -0.2) is 8.42 Å². The molecule has 1 fully saturated rings. The highest BCUT2D eigenvalue weighted by Crippen LogP contribution is 2.31. The molecule has 0 unspecified atom stereocenters. The molecule has 0 radical (unpaired) electrons. The summed E-state index contributed by atoms with van der Waals surface area (Å²) in [5.74, 6) is 2.10. The molecule has 3 aromatic rings. The molecule has 11 heteroatoms. The van der Waals surface area contributed by atoms with Gasteiger partial charge in [-0.1, -0.05) is 12.1 Å². The van der Waals surface area contributed by atoms with Gasteiger partial charge in [0.05, 0.1) is 6.54 Å². The van der Waals surface area contributed by atoms with Crippen LogP contribution in [0.25, 0.3) is 11.4 Å². The number of hydrogen-bond acceptors (Lipinski definition) is 8. The Bertz CT molecular complexity index is 1160. The van der Waals surface area contributed by atoms with E-state index in [2.05, 4.69) is 15.5 Å². The van der Waals surface area contributed by atoms with Crippen molar-refractivity contribution < 1.29 is 22.2 Å². The van der Waals surface area contributed by atoms with Crippen molar-refractivity contribution in [2.75, 3.05) is 13.1 Å². The summed E-state index contributed by atoms with van der Waals surface area (Å²) in [5, 5.41) is 8.49. The van der Waals surface area contributed by atoms with Gasteiger partial charge in [0.15, 0.2) is 0 Å². The van der Waals surface area contributed by atoms with Crippen LogP contribution in [0.15, 0.2) is 36.7 Å². The molecule has 9 nitrogen and oxygen atoms in total. The lowest BCUT2D eigenvalue weighted by Gasteiger charge is -2.30. The number of aryl methyl sites for hydroxylation is 2. The first-order valence-electron chi connectivity index (χ1n) is 10.1. The molecule has 31 heavy (non-hydrogen) atoms. The van der Waals surface area contributed by atoms with Gasteiger partial charge in [0.1, 0.15) is 15.7 Å². The molecule has 4 rings (SSSR count). The molecule has 0 atom stereocenters. The Labute approximate surface area is 184 Å². The largest absolute Gasteiger partial charge is 0.465 e. The van der Waals surface area contributed by atoms with E-state index in [0.717, 1.165) is 17.1 Å². The molecule has 4 heterocycles. The lowest BCUT2D eigenvalue weighted by Crippen LogP contribution is -2.42. The van der Waals surface area contributed by atoms with Crippen LogP contribution in [0.5, 0.6) is 0 Å². The van der Waals surface area contributed by atoms with E-state index in [1.807, 2.05) is 26.0 Å². The molecule has 1 N–H and O–H groups in total. The summed E-state index contributed by atoms with van der Waals surface area (Å²) in [7, 11) is -3.63. The average Bonchev–Trinajstić information content (AvgIpc) is 3.52. The fourth-order valence-electron chi connectivity index (χ4n) is 3.47. The number of thiophene rings is 1. The highest BCUT2D eigenvalue weighted by atomic mass is 32.2. The van der Waals surface area contributed by atoms with E-state index in [-0.39, 0.29) is 16.0 Å². The van der Waals surface area contributed by atoms with Crippen LogP contribution in [0.1, 0.15) is 37.2 Å². The first-order chi connectivity index (χ1) is 14.9. The molecule has 0 aliphatic carbocycles. The summed E-state index contributed by atoms with van der Waals surface area (Å²) in [5.41, 5.74) is 0.620. The molecule has 166 valence electrons. The second-order valence-corrected chi connectivity index (χ2v) is 10.5. The van der Waals surface area contributed by atoms with Crippen LogP contribution in [0.4, 0.5) is 0 Å². The third-order valence-electron chi connectivity index (χ3n) is 5.26. The second kappa shape index (κ2) is 8.93. The van der Waals surface area contributed by atoms with E-state index in [0.29, 0.717) is 61.9 Å². The fraction of sp³-hybridized carbons (Fsp3) is 0.450. The minimum absolute atomic E-state index is 0.0756. The first kappa shape index (κ1) is 21.7. The SMILES string of the molecule is CCc1nc(-c2csc(S(=O)(=O)N3CCC(C(=O)NCc4ccc(C)o4)CC3)c2)no1. The third-order valence-corrected chi connectivity index (χ3v) is 8.57. The summed E-state index contributed by atoms with van der Waals surface area (Å²) in [6.07, 6.45) is 1.57. The molecule has 0 spiro atoms. The number of carbonyl (C=O) groups is 1. The average molecular weight is 465 g/mol. The standard InChI is InChI=1S/C20H24N4O5S2/c1-3-17-22-19(23-29-17)15-10-18(30-12-15)31(26,27)24-8-6-14(7-9-24)20(25)21-11-16-5-4-13(2)28-16/h4-5,10,12,14H,3,6-9,11H2,1-2H3,(H,21,25). The minimum Gasteiger partial charge on any atom is -0.465 e. The van der Waals surface area contributed by atoms with E-state index in [1.54, 1.807) is 11.4 Å². The molecule has 1 saturated heterocycles. The monoisotopic (exact) mass is 464 g/mol. The third kappa shape index (κ3) is 4.73. The Hall–Kier alpha value is -2.50. The zero-order valence-corrected chi connectivity index (χ0v) is 19.0. The van der Waals surface area contributed by atoms with Gasteiger partial charge in [0, 0.05) is 36.4 Å². The smallest absolute Gasteiger partial charge is 0.252 e. The van der Waals surface area contributed by atoms with E-state index in [9.17, 15) is 13.2 Å². The van der Waals surface area contributed by atoms with E-state index in [4.69, 9.17) is 8.94 Å². The number of furan rings is 1. The number of nitrogens with zero attached hydrogens (tertiary/aromatic N) is 3. The van der Waals surface area contributed by atoms with Crippen LogP contribution < -0.4 is 5.32 Å². The van der Waals surface area contributed by atoms with Gasteiger partial charge in [-0.2, -0.15) is 9.29 Å². The maximum atomic E-state index is 13.0. The summed E-state index contributed by atoms with van der Waals surface area (Å²) in [6.45, 7) is 4.69. The predicted octanol–water partition coefficient (Wildman–Crippen LogP) is 2.98. The summed E-state index contributed by atoms with van der Waals surface area (Å²) < 4.78 is 38.3. The molecular formula is C20H24N4O5S2. The van der Waals surface area contributed by atoms with Crippen LogP contribution in [0.2, 0.25) is 0 Å². The highest BCUT2D eigenvalue weighted by Gasteiger charge is 2.33. The molecule has 1 aliphatic rings. The second-order valence-electron chi connectivity index (χ2n) is 7.43. The van der Waals surface area contributed by atoms with Crippen molar-refractivity contribution in [1.82, 2.24) is 19.8 Å². The molecular weight excluding hydrogens is 440 g/mol. The maximum Gasteiger partial charge on any atom is 0.252 e. The Kier molecular flexibility index (Phi) is 6.26. The van der Waals surface area contributed by atoms with Crippen molar-refractivity contribution in [3.8, 4) is 11.4 Å². The summed E-state index contributed by atoms with van der Waals surface area (Å²) in [4.78, 5) is 16.7. The van der Waals surface area contributed by atoms with Crippen molar-refractivity contribution in [1.29, 1.82) is 0 Å². The minimum atomic E-state index is -3.63. The lowest BCUT2D eigenvalue weighted by molar-refractivity contribution is -0.126. The van der Waals surface area contributed by atoms with Crippen LogP contribution in [0.3, 0.4) is 0 Å². The predicted molar refractivity (Wildman–Crippen MR) is 114 cm³/mol. The lowest BCUT2D eigenvalue weighted by atomic mass is 9.97. The molecule has 1 amide bonds. The summed E-state index contributed by atoms with van der Waals surface area (Å²) >= 11 is 1.14. The maximum absolute atomic E-state index is 13.0. The number of hydrogen-bond donors (Lipinski definition) is 1. The van der Waals surface area contributed by atoms with Gasteiger partial charge in [-0.3, -0.25) is 4.79 Å². The zero-order chi connectivity index (χ0) is 22.0. The highest BCUT2D eigenvalue weighted by molar-refractivity contribution is 7.91. The van der Waals surface area contributed by atoms with Crippen molar-refractivity contribution >= 4 is 27.3 Å². The van der Waals surface area contributed by atoms with E-state index in [1.165, 1.54) is 4.31 Å². The van der Waals surface area contributed by atoms with Crippen molar-refractivity contribution in [2.24, 2.45) is 5.92 Å². The number of nitrogens with one attached hydrogen (secondary N) is 1. The number of piperidine rings is 1. The van der Waals surface area contributed by atoms with Gasteiger partial charge in [0.2, 0.25) is 17.6 Å². The Morgan fingerprint density at radius 1 is 1.32 bits per heavy atom. The van der Waals surface area contributed by atoms with Gasteiger partial charge >= 0.3 is 0 Å². The number of amides is 1. The number of rotatable bonds is 7. The van der Waals surface area contributed by atoms with E-state index >= 15 is 0 Å². The topological polar surface area (TPSA) is 119 Å². The molecule has 0 bridgehead atoms. The van der Waals surface area contributed by atoms with Crippen LogP contribution in [0, 0.1) is 12.8 Å². The molecule has 1 aliphatic heterocycles. The Morgan fingerprint density at radius 3 is 2.74 bits per heavy atom. The van der Waals surface area contributed by atoms with Gasteiger partial charge in [-0.05, 0) is 38.0 Å². The van der Waals surface area contributed by atoms with Crippen LogP contribution in [-0.2, 0) is 27.8 Å². The number of carbonyl (C=O) groups excluding carboxylic acids is 1. The fourth-order valence-corrected chi connectivity index (χ4v) is 6.25. The van der Waals surface area contributed by atoms with Crippen LogP contribution in [-0.4, -0.2) is 41.9 Å².